The molecule has 2 saturated heterocycles. The number of hydrogen-bond donors (Lipinski definition) is 8. The topological polar surface area (TPSA) is 290 Å². The first-order valence-electron chi connectivity index (χ1n) is 23.6. The van der Waals surface area contributed by atoms with Crippen molar-refractivity contribution in [3.05, 3.63) is 70.4 Å². The Morgan fingerprint density at radius 2 is 1.76 bits per heavy atom. The van der Waals surface area contributed by atoms with Gasteiger partial charge in [0.1, 0.15) is 29.9 Å². The van der Waals surface area contributed by atoms with Crippen LogP contribution >= 0.6 is 7.60 Å². The van der Waals surface area contributed by atoms with E-state index in [9.17, 15) is 61.5 Å². The maximum Gasteiger partial charge on any atom is 0.399 e. The minimum Gasteiger partial charge on any atom is -0.370 e. The number of likely N-dealkylation sites (tertiary alicyclic amines) is 1. The van der Waals surface area contributed by atoms with E-state index in [0.29, 0.717) is 43.2 Å². The molecule has 0 radical (unpaired) electrons. The van der Waals surface area contributed by atoms with E-state index in [-0.39, 0.29) is 92.0 Å². The zero-order chi connectivity index (χ0) is 50.5. The number of carbonyl (C=O) groups is 8. The lowest BCUT2D eigenvalue weighted by Gasteiger charge is -2.31. The van der Waals surface area contributed by atoms with Crippen molar-refractivity contribution in [2.45, 2.75) is 127 Å². The van der Waals surface area contributed by atoms with Crippen LogP contribution in [0.2, 0.25) is 0 Å². The molecule has 3 aromatic rings. The number of unbranched alkanes of at least 4 members (excludes halogenated alkanes) is 5. The number of alkyl halides is 2. The highest BCUT2D eigenvalue weighted by Gasteiger charge is 2.58. The Kier molecular flexibility index (Phi) is 15.9. The van der Waals surface area contributed by atoms with Crippen molar-refractivity contribution in [3.8, 4) is 11.8 Å². The maximum atomic E-state index is 14.4. The van der Waals surface area contributed by atoms with E-state index in [0.717, 1.165) is 43.0 Å². The van der Waals surface area contributed by atoms with Crippen molar-refractivity contribution in [2.24, 2.45) is 17.6 Å². The lowest BCUT2D eigenvalue weighted by Crippen LogP contribution is -2.57. The van der Waals surface area contributed by atoms with Gasteiger partial charge in [0.2, 0.25) is 35.4 Å². The monoisotopic (exact) mass is 990 g/mol. The molecule has 70 heavy (non-hydrogen) atoms. The SMILES string of the molecule is CCCC[C@H](NC(=O)c1cc2cc(C(F)(F)P(=O)(O)O)ccc2[nH]1)C(=O)N1C[C@@H]2C[C@@H]2[C@@H]1C(=O)N[C@@H](CCC(N)=O)C(=O)NCCCCCCC#Cc1cccc2c1CN(C1CCC(=O)NC1=O)C2=O. The second kappa shape index (κ2) is 21.7. The lowest BCUT2D eigenvalue weighted by molar-refractivity contribution is -0.142. The molecular formula is C48H57F2N8O11P. The van der Waals surface area contributed by atoms with Gasteiger partial charge >= 0.3 is 13.3 Å². The molecule has 4 aliphatic rings. The average molecular weight is 991 g/mol. The Hall–Kier alpha value is -6.49. The number of H-pyrrole nitrogens is 1. The van der Waals surface area contributed by atoms with Gasteiger partial charge in [0.25, 0.3) is 11.8 Å². The average Bonchev–Trinajstić information content (AvgIpc) is 3.59. The van der Waals surface area contributed by atoms with Gasteiger partial charge in [0.15, 0.2) is 0 Å². The predicted octanol–water partition coefficient (Wildman–Crippen LogP) is 3.16. The number of nitrogens with one attached hydrogen (secondary N) is 5. The first-order valence-corrected chi connectivity index (χ1v) is 25.2. The molecule has 1 aromatic heterocycles. The van der Waals surface area contributed by atoms with Crippen molar-refractivity contribution >= 4 is 65.8 Å². The van der Waals surface area contributed by atoms with Crippen LogP contribution < -0.4 is 27.0 Å². The minimum atomic E-state index is -5.84. The number of fused-ring (bicyclic) bond motifs is 3. The third-order valence-corrected chi connectivity index (χ3v) is 14.4. The molecule has 0 bridgehead atoms. The van der Waals surface area contributed by atoms with Gasteiger partial charge in [-0.05, 0) is 86.3 Å². The fourth-order valence-electron chi connectivity index (χ4n) is 9.44. The summed E-state index contributed by atoms with van der Waals surface area (Å²) in [6.45, 7) is 2.66. The van der Waals surface area contributed by atoms with Gasteiger partial charge in [-0.1, -0.05) is 56.6 Å². The van der Waals surface area contributed by atoms with Gasteiger partial charge in [-0.3, -0.25) is 48.2 Å². The molecule has 8 amide bonds. The molecule has 3 aliphatic heterocycles. The third kappa shape index (κ3) is 11.6. The molecule has 9 N–H and O–H groups in total. The summed E-state index contributed by atoms with van der Waals surface area (Å²) >= 11 is 0. The van der Waals surface area contributed by atoms with Crippen LogP contribution in [0.1, 0.15) is 128 Å². The molecule has 7 rings (SSSR count). The number of aromatic nitrogens is 1. The van der Waals surface area contributed by atoms with Crippen LogP contribution in [-0.4, -0.2) is 109 Å². The number of carbonyl (C=O) groups excluding carboxylic acids is 8. The number of rotatable bonds is 21. The number of piperidine rings is 2. The van der Waals surface area contributed by atoms with Gasteiger partial charge in [-0.15, -0.1) is 0 Å². The van der Waals surface area contributed by atoms with Gasteiger partial charge in [0, 0.05) is 66.5 Å². The summed E-state index contributed by atoms with van der Waals surface area (Å²) < 4.78 is 40.3. The van der Waals surface area contributed by atoms with Gasteiger partial charge in [0.05, 0.1) is 0 Å². The van der Waals surface area contributed by atoms with Crippen LogP contribution in [0.5, 0.6) is 0 Å². The second-order valence-corrected chi connectivity index (χ2v) is 20.0. The summed E-state index contributed by atoms with van der Waals surface area (Å²) in [5, 5.41) is 10.7. The number of benzene rings is 2. The fraction of sp³-hybridized carbons (Fsp3) is 0.500. The molecule has 19 nitrogen and oxygen atoms in total. The van der Waals surface area contributed by atoms with E-state index < -0.39 is 78.4 Å². The predicted molar refractivity (Wildman–Crippen MR) is 248 cm³/mol. The maximum absolute atomic E-state index is 14.4. The Bertz CT molecular complexity index is 2690. The summed E-state index contributed by atoms with van der Waals surface area (Å²) in [6.07, 6.45) is 5.79. The summed E-state index contributed by atoms with van der Waals surface area (Å²) in [6, 6.07) is 5.51. The lowest BCUT2D eigenvalue weighted by atomic mass is 10.0. The van der Waals surface area contributed by atoms with Gasteiger partial charge in [-0.25, -0.2) is 0 Å². The van der Waals surface area contributed by atoms with Crippen molar-refractivity contribution < 1.29 is 61.5 Å². The van der Waals surface area contributed by atoms with E-state index in [1.807, 2.05) is 13.0 Å². The van der Waals surface area contributed by atoms with Crippen molar-refractivity contribution in [2.75, 3.05) is 13.1 Å². The highest BCUT2D eigenvalue weighted by Crippen LogP contribution is 2.59. The fourth-order valence-corrected chi connectivity index (χ4v) is 9.92. The van der Waals surface area contributed by atoms with Crippen LogP contribution in [0.3, 0.4) is 0 Å². The van der Waals surface area contributed by atoms with E-state index >= 15 is 0 Å². The molecule has 6 atom stereocenters. The molecule has 1 unspecified atom stereocenters. The Morgan fingerprint density at radius 1 is 0.986 bits per heavy atom. The number of imide groups is 1. The second-order valence-electron chi connectivity index (χ2n) is 18.4. The van der Waals surface area contributed by atoms with E-state index in [4.69, 9.17) is 5.73 Å². The molecule has 22 heteroatoms. The Morgan fingerprint density at radius 3 is 2.49 bits per heavy atom. The van der Waals surface area contributed by atoms with Crippen LogP contribution in [0.15, 0.2) is 42.5 Å². The van der Waals surface area contributed by atoms with Crippen molar-refractivity contribution in [1.29, 1.82) is 0 Å². The molecule has 0 spiro atoms. The summed E-state index contributed by atoms with van der Waals surface area (Å²) in [7, 11) is -5.84. The number of amides is 8. The highest BCUT2D eigenvalue weighted by molar-refractivity contribution is 7.52. The van der Waals surface area contributed by atoms with Crippen molar-refractivity contribution in [3.63, 3.8) is 0 Å². The third-order valence-electron chi connectivity index (χ3n) is 13.4. The Balaban J connectivity index is 0.897. The molecule has 2 aromatic carbocycles. The number of nitrogens with two attached hydrogens (primary N) is 1. The van der Waals surface area contributed by atoms with Crippen molar-refractivity contribution in [1.82, 2.24) is 36.1 Å². The van der Waals surface area contributed by atoms with Crippen LogP contribution in [0, 0.1) is 23.7 Å². The molecular weight excluding hydrogens is 934 g/mol. The van der Waals surface area contributed by atoms with E-state index in [2.05, 4.69) is 38.1 Å². The smallest absolute Gasteiger partial charge is 0.370 e. The van der Waals surface area contributed by atoms with E-state index in [1.165, 1.54) is 15.9 Å². The number of halogens is 2. The largest absolute Gasteiger partial charge is 0.399 e. The minimum absolute atomic E-state index is 0.0304. The summed E-state index contributed by atoms with van der Waals surface area (Å²) in [5.74, 6) is 2.06. The molecule has 1 aliphatic carbocycles. The van der Waals surface area contributed by atoms with Crippen LogP contribution in [0.4, 0.5) is 8.78 Å². The Labute approximate surface area is 401 Å². The van der Waals surface area contributed by atoms with Crippen LogP contribution in [0.25, 0.3) is 10.9 Å². The zero-order valence-corrected chi connectivity index (χ0v) is 39.5. The number of nitrogens with zero attached hydrogens (tertiary/aromatic N) is 2. The molecule has 3 fully saturated rings. The first-order chi connectivity index (χ1) is 33.3. The number of hydrogen-bond acceptors (Lipinski definition) is 9. The first kappa shape index (κ1) is 51.4. The summed E-state index contributed by atoms with van der Waals surface area (Å²) in [4.78, 5) is 128. The molecule has 4 heterocycles. The summed E-state index contributed by atoms with van der Waals surface area (Å²) in [5.41, 5.74) is 2.10. The number of aromatic amines is 1. The zero-order valence-electron chi connectivity index (χ0n) is 38.6. The van der Waals surface area contributed by atoms with Crippen LogP contribution in [-0.2, 0) is 45.5 Å². The van der Waals surface area contributed by atoms with Gasteiger partial charge < -0.3 is 46.3 Å². The van der Waals surface area contributed by atoms with E-state index in [1.54, 1.807) is 12.1 Å². The molecule has 374 valence electrons. The molecule has 1 saturated carbocycles. The standard InChI is InChI=1S/C48H57F2N8O11P/c1-2-3-14-36(55-43(62)37-24-28-22-30(15-16-34(28)53-37)48(49,50)70(67,68)69)47(66)58-25-29-23-32(29)41(58)45(64)54-35(17-19-39(51)59)42(61)52-21-9-7-5-4-6-8-11-27-12-10-13-31-33(27)26-57(46(31)65)38-18-20-40(60)56-44(38)63/h10,12-13,15-16,22,24,29,32,35-36,38,41,53H,2-7,9,14,17-21,23,25-26H2,1H3,(H2,51,59)(H,52,61)(H,54,64)(H,55,62)(H,56,60,63)(H2,67,68,69)/t29-,32-,35-,36-,38?,41+/m0/s1. The highest BCUT2D eigenvalue weighted by atomic mass is 31.2. The van der Waals surface area contributed by atoms with Gasteiger partial charge in [-0.2, -0.15) is 8.78 Å². The number of primary amides is 1. The normalized spacial score (nSPS) is 20.4. The quantitative estimate of drug-likeness (QED) is 0.0332.